The van der Waals surface area contributed by atoms with Crippen LogP contribution in [0.15, 0.2) is 169 Å². The number of ether oxygens (including phenoxy) is 8. The zero-order valence-electron chi connectivity index (χ0n) is 64.3. The molecule has 4 N–H and O–H groups in total. The van der Waals surface area contributed by atoms with Crippen molar-refractivity contribution in [2.45, 2.75) is 164 Å². The maximum Gasteiger partial charge on any atom is 1.00 e. The van der Waals surface area contributed by atoms with Gasteiger partial charge in [0, 0.05) is 93.8 Å². The second kappa shape index (κ2) is 64.6. The molecule has 7 aromatic rings. The molecule has 5 heterocycles. The van der Waals surface area contributed by atoms with Gasteiger partial charge in [-0.05, 0) is 93.5 Å². The molecule has 105 heavy (non-hydrogen) atoms. The van der Waals surface area contributed by atoms with Gasteiger partial charge in [0.2, 0.25) is 0 Å². The number of aliphatic hydroxyl groups excluding tert-OH is 1. The first-order valence-corrected chi connectivity index (χ1v) is 45.9. The maximum atomic E-state index is 14.0. The molecule has 0 saturated carbocycles. The first kappa shape index (κ1) is 113. The van der Waals surface area contributed by atoms with Crippen LogP contribution in [0, 0.1) is 17.7 Å². The third-order valence-corrected chi connectivity index (χ3v) is 19.6. The molecule has 0 bridgehead atoms. The number of hydrogen-bond acceptors (Lipinski definition) is 21. The summed E-state index contributed by atoms with van der Waals surface area (Å²) in [5.74, 6) is 3.28. The van der Waals surface area contributed by atoms with Crippen molar-refractivity contribution < 1.29 is 156 Å². The molecular weight excluding hydrogens is 1440 g/mol. The number of aromatic carboxylic acids is 1. The Balaban J connectivity index is -0.000000214. The van der Waals surface area contributed by atoms with Gasteiger partial charge in [-0.1, -0.05) is 110 Å². The molecule has 0 saturated heterocycles. The SMILES string of the molecule is C.C.CCO.CCOc1ccnc(C(=O)O)c1O.CCOc1ccncc1OCOCC[Si](C)(C)C.C[C-](C)C.C[C-](C)C.C[Si](C)(C)CCOCOc1cccnc1.C[Si](C)(C)CCOCOc1cnccc1F.O=S(=O)(c1ccccc1)N(F)S(=O)(=O)c1ccccc1.Oc1cccnc1.[Li+].[Li+].[Na+]. The largest absolute Gasteiger partial charge is 1.00 e. The van der Waals surface area contributed by atoms with Crippen LogP contribution in [-0.2, 0) is 34.3 Å². The molecule has 23 nitrogen and oxygen atoms in total. The summed E-state index contributed by atoms with van der Waals surface area (Å²) in [6.45, 7) is 42.7. The molecule has 0 unspecified atom stereocenters. The third kappa shape index (κ3) is 60.3. The Morgan fingerprint density at radius 3 is 1.21 bits per heavy atom. The van der Waals surface area contributed by atoms with Crippen LogP contribution in [-0.4, -0.2) is 156 Å². The Hall–Kier alpha value is -5.33. The summed E-state index contributed by atoms with van der Waals surface area (Å²) in [6, 6.07) is 27.8. The predicted molar refractivity (Wildman–Crippen MR) is 410 cm³/mol. The van der Waals surface area contributed by atoms with Gasteiger partial charge in [-0.3, -0.25) is 19.9 Å². The van der Waals surface area contributed by atoms with Crippen LogP contribution in [0.1, 0.15) is 87.7 Å². The van der Waals surface area contributed by atoms with E-state index in [0.29, 0.717) is 38.1 Å². The van der Waals surface area contributed by atoms with E-state index in [1.54, 1.807) is 63.0 Å². The number of carbonyl (C=O) groups is 1. The minimum Gasteiger partial charge on any atom is -0.506 e. The Bertz CT molecular complexity index is 3370. The zero-order chi connectivity index (χ0) is 76.2. The first-order chi connectivity index (χ1) is 46.9. The molecule has 576 valence electrons. The van der Waals surface area contributed by atoms with Gasteiger partial charge in [0.05, 0.1) is 51.7 Å². The summed E-state index contributed by atoms with van der Waals surface area (Å²) < 4.78 is 116. The Kier molecular flexibility index (Phi) is 69.6. The van der Waals surface area contributed by atoms with Gasteiger partial charge in [0.15, 0.2) is 60.6 Å². The summed E-state index contributed by atoms with van der Waals surface area (Å²) in [4.78, 5) is 28.5. The van der Waals surface area contributed by atoms with Crippen LogP contribution in [0.5, 0.6) is 40.2 Å². The number of carboxylic acid groups (broad SMARTS) is 1. The number of aromatic nitrogens is 5. The van der Waals surface area contributed by atoms with Gasteiger partial charge in [-0.2, -0.15) is 41.5 Å². The molecule has 0 aliphatic heterocycles. The molecule has 0 spiro atoms. The second-order valence-electron chi connectivity index (χ2n) is 25.3. The van der Waals surface area contributed by atoms with Crippen molar-refractivity contribution in [2.75, 3.05) is 60.0 Å². The molecule has 0 fully saturated rings. The average molecular weight is 1560 g/mol. The standard InChI is InChI=1S/C13H23NO3Si.C12H10FNO4S2.C11H18FNO2Si.C11H19NO2Si.C8H9NO4.C5H5NO.2C4H9.C2H6O.2CH4.2Li.Na/c1-5-16-12-6-7-14-10-13(12)17-11-15-8-9-18(2,3)4;13-14(19(15,16)11-7-3-1-4-8-11)20(17,18)12-9-5-2-6-10-12;1-16(2,3)7-6-14-9-15-11-8-13-5-4-10(11)12;1-15(2,3)8-7-13-10-14-11-5-4-6-12-9-11;1-2-13-5-3-4-9-6(7(5)10)8(11)12;7-5-2-1-3-6-4-5;2*1-4(2)3;1-2-3;;;;;/h6-7,10H,5,8-9,11H2,1-4H3;1-10H;4-5,8H,6-7,9H2,1-3H3;4-6,9H,7-8,10H2,1-3H3;3-4,10H,2H2,1H3,(H,11,12);1-4,7H;2*1-3H3;3H,2H2,1H3;2*1H4;;;/q;;;;;;2*-1;;;;3*+1. The molecular formula is C72H116F2Li2N6NaO17S2Si3+. The van der Waals surface area contributed by atoms with Crippen LogP contribution >= 0.6 is 0 Å². The van der Waals surface area contributed by atoms with Crippen molar-refractivity contribution in [3.05, 3.63) is 182 Å². The summed E-state index contributed by atoms with van der Waals surface area (Å²) in [5, 5.41) is 34.0. The average Bonchev–Trinajstić information content (AvgIpc) is 0.778. The molecule has 0 aliphatic rings. The van der Waals surface area contributed by atoms with Gasteiger partial charge in [0.25, 0.3) is 20.0 Å². The normalized spacial score (nSPS) is 10.3. The molecule has 2 aromatic carbocycles. The first-order valence-electron chi connectivity index (χ1n) is 31.9. The summed E-state index contributed by atoms with van der Waals surface area (Å²) in [7, 11) is -12.6. The van der Waals surface area contributed by atoms with Crippen LogP contribution in [0.3, 0.4) is 0 Å². The van der Waals surface area contributed by atoms with Crippen molar-refractivity contribution >= 4 is 50.2 Å². The quantitative estimate of drug-likeness (QED) is 0.0125. The van der Waals surface area contributed by atoms with E-state index in [4.69, 9.17) is 53.2 Å². The van der Waals surface area contributed by atoms with Crippen molar-refractivity contribution in [1.82, 2.24) is 28.9 Å². The maximum absolute atomic E-state index is 14.0. The molecule has 5 aromatic heterocycles. The predicted octanol–water partition coefficient (Wildman–Crippen LogP) is 8.00. The second-order valence-corrected chi connectivity index (χ2v) is 45.8. The summed E-state index contributed by atoms with van der Waals surface area (Å²) >= 11 is 0. The Morgan fingerprint density at radius 2 is 0.857 bits per heavy atom. The van der Waals surface area contributed by atoms with Crippen LogP contribution in [0.4, 0.5) is 8.87 Å². The molecule has 0 atom stereocenters. The number of aliphatic hydroxyl groups is 1. The van der Waals surface area contributed by atoms with Gasteiger partial charge in [0.1, 0.15) is 11.5 Å². The topological polar surface area (TPSA) is 308 Å². The summed E-state index contributed by atoms with van der Waals surface area (Å²) in [5.41, 5.74) is -0.397. The van der Waals surface area contributed by atoms with Crippen LogP contribution in [0.2, 0.25) is 77.1 Å². The van der Waals surface area contributed by atoms with E-state index in [9.17, 15) is 35.6 Å². The van der Waals surface area contributed by atoms with Crippen LogP contribution in [0.25, 0.3) is 0 Å². The van der Waals surface area contributed by atoms with Crippen LogP contribution < -0.4 is 91.0 Å². The van der Waals surface area contributed by atoms with E-state index >= 15 is 0 Å². The van der Waals surface area contributed by atoms with Crippen molar-refractivity contribution in [2.24, 2.45) is 0 Å². The molecule has 0 radical (unpaired) electrons. The fourth-order valence-corrected chi connectivity index (χ4v) is 11.1. The number of pyridine rings is 5. The number of halogens is 2. The van der Waals surface area contributed by atoms with Gasteiger partial charge in [-0.15, -0.1) is 4.48 Å². The number of hydrogen-bond donors (Lipinski definition) is 4. The van der Waals surface area contributed by atoms with Gasteiger partial charge < -0.3 is 70.2 Å². The van der Waals surface area contributed by atoms with Gasteiger partial charge in [-0.25, -0.2) is 31.0 Å². The monoisotopic (exact) mass is 1560 g/mol. The number of nitrogens with zero attached hydrogens (tertiary/aromatic N) is 6. The van der Waals surface area contributed by atoms with E-state index < -0.39 is 81.2 Å². The van der Waals surface area contributed by atoms with Gasteiger partial charge >= 0.3 is 73.2 Å². The van der Waals surface area contributed by atoms with Crippen molar-refractivity contribution in [3.63, 3.8) is 0 Å². The number of aromatic hydroxyl groups is 2. The van der Waals surface area contributed by atoms with E-state index in [0.717, 1.165) is 55.3 Å². The molecule has 33 heteroatoms. The molecule has 7 rings (SSSR count). The number of rotatable bonds is 27. The number of benzene rings is 2. The van der Waals surface area contributed by atoms with Crippen molar-refractivity contribution in [3.8, 4) is 40.2 Å². The Labute approximate surface area is 676 Å². The minimum absolute atomic E-state index is 0. The Morgan fingerprint density at radius 1 is 0.495 bits per heavy atom. The summed E-state index contributed by atoms with van der Waals surface area (Å²) in [6.07, 6.45) is 13.7. The van der Waals surface area contributed by atoms with E-state index in [1.165, 1.54) is 91.2 Å². The fraction of sp³-hybridized carbons (Fsp3) is 0.444. The van der Waals surface area contributed by atoms with E-state index in [-0.39, 0.29) is 120 Å². The van der Waals surface area contributed by atoms with Crippen molar-refractivity contribution in [1.29, 1.82) is 0 Å². The smallest absolute Gasteiger partial charge is 0.506 e. The number of sulfonamides is 2. The third-order valence-electron chi connectivity index (χ3n) is 10.8. The van der Waals surface area contributed by atoms with E-state index in [1.807, 2.05) is 19.1 Å². The fourth-order valence-electron chi connectivity index (χ4n) is 5.98. The molecule has 0 amide bonds. The zero-order valence-corrected chi connectivity index (χ0v) is 71.0. The minimum atomic E-state index is -4.77. The number of carboxylic acids is 1. The van der Waals surface area contributed by atoms with E-state index in [2.05, 4.69) is 125 Å². The molecule has 0 aliphatic carbocycles.